The molecule has 0 aromatic heterocycles. The van der Waals surface area contributed by atoms with Crippen molar-refractivity contribution in [3.63, 3.8) is 0 Å². The van der Waals surface area contributed by atoms with E-state index < -0.39 is 0 Å². The van der Waals surface area contributed by atoms with Gasteiger partial charge in [-0.15, -0.1) is 0 Å². The molecule has 0 radical (unpaired) electrons. The minimum absolute atomic E-state index is 0.131. The summed E-state index contributed by atoms with van der Waals surface area (Å²) < 4.78 is 5.65. The van der Waals surface area contributed by atoms with Gasteiger partial charge in [0.1, 0.15) is 0 Å². The second-order valence-electron chi connectivity index (χ2n) is 5.59. The third-order valence-electron chi connectivity index (χ3n) is 3.86. The van der Waals surface area contributed by atoms with Crippen LogP contribution in [0.1, 0.15) is 43.2 Å². The average Bonchev–Trinajstić information content (AvgIpc) is 2.53. The van der Waals surface area contributed by atoms with Gasteiger partial charge in [-0.2, -0.15) is 5.26 Å². The van der Waals surface area contributed by atoms with Gasteiger partial charge in [0.05, 0.1) is 17.7 Å². The topological polar surface area (TPSA) is 53.3 Å². The van der Waals surface area contributed by atoms with Gasteiger partial charge in [0.25, 0.3) is 0 Å². The van der Waals surface area contributed by atoms with E-state index in [4.69, 9.17) is 10.00 Å². The number of ether oxygens (including phenoxy) is 1. The van der Waals surface area contributed by atoms with Crippen molar-refractivity contribution >= 4 is 5.91 Å². The molecule has 1 unspecified atom stereocenters. The van der Waals surface area contributed by atoms with Gasteiger partial charge in [0, 0.05) is 26.6 Å². The summed E-state index contributed by atoms with van der Waals surface area (Å²) in [7, 11) is 1.81. The molecule has 4 heteroatoms. The van der Waals surface area contributed by atoms with Crippen molar-refractivity contribution in [3.05, 3.63) is 35.4 Å². The first-order valence-electron chi connectivity index (χ1n) is 7.53. The quantitative estimate of drug-likeness (QED) is 0.836. The van der Waals surface area contributed by atoms with Crippen LogP contribution >= 0.6 is 0 Å². The molecule has 0 bridgehead atoms. The number of nitrogens with zero attached hydrogens (tertiary/aromatic N) is 2. The lowest BCUT2D eigenvalue weighted by atomic mass is 10.0. The zero-order valence-electron chi connectivity index (χ0n) is 12.5. The highest BCUT2D eigenvalue weighted by Gasteiger charge is 2.17. The molecule has 1 aliphatic heterocycles. The minimum Gasteiger partial charge on any atom is -0.378 e. The smallest absolute Gasteiger partial charge is 0.222 e. The lowest BCUT2D eigenvalue weighted by Gasteiger charge is -2.23. The zero-order chi connectivity index (χ0) is 15.1. The molecule has 2 rings (SSSR count). The first-order chi connectivity index (χ1) is 10.2. The molecule has 1 atom stereocenters. The predicted molar refractivity (Wildman–Crippen MR) is 80.5 cm³/mol. The highest BCUT2D eigenvalue weighted by atomic mass is 16.5. The van der Waals surface area contributed by atoms with Gasteiger partial charge in [-0.1, -0.05) is 12.1 Å². The molecule has 1 aromatic carbocycles. The Labute approximate surface area is 126 Å². The third-order valence-corrected chi connectivity index (χ3v) is 3.86. The lowest BCUT2D eigenvalue weighted by molar-refractivity contribution is -0.131. The Bertz CT molecular complexity index is 516. The van der Waals surface area contributed by atoms with E-state index in [0.29, 0.717) is 18.5 Å². The standard InChI is InChI=1S/C17H22N2O2/c1-19(13-15-6-4-5-14(11-15)12-18)17(20)9-8-16-7-2-3-10-21-16/h4-6,11,16H,2-3,7-10,13H2,1H3. The van der Waals surface area contributed by atoms with E-state index in [1.54, 1.807) is 11.0 Å². The molecule has 1 fully saturated rings. The summed E-state index contributed by atoms with van der Waals surface area (Å²) in [4.78, 5) is 13.9. The van der Waals surface area contributed by atoms with E-state index in [2.05, 4.69) is 6.07 Å². The van der Waals surface area contributed by atoms with Crippen LogP contribution < -0.4 is 0 Å². The van der Waals surface area contributed by atoms with E-state index in [1.165, 1.54) is 6.42 Å². The monoisotopic (exact) mass is 286 g/mol. The number of rotatable bonds is 5. The first kappa shape index (κ1) is 15.5. The van der Waals surface area contributed by atoms with Crippen LogP contribution in [-0.4, -0.2) is 30.6 Å². The molecular formula is C17H22N2O2. The SMILES string of the molecule is CN(Cc1cccc(C#N)c1)C(=O)CCC1CCCCO1. The molecular weight excluding hydrogens is 264 g/mol. The van der Waals surface area contributed by atoms with Gasteiger partial charge in [-0.25, -0.2) is 0 Å². The highest BCUT2D eigenvalue weighted by Crippen LogP contribution is 2.17. The summed E-state index contributed by atoms with van der Waals surface area (Å²) in [6.45, 7) is 1.37. The van der Waals surface area contributed by atoms with Gasteiger partial charge >= 0.3 is 0 Å². The van der Waals surface area contributed by atoms with Crippen LogP contribution in [0.5, 0.6) is 0 Å². The van der Waals surface area contributed by atoms with Gasteiger partial charge in [0.2, 0.25) is 5.91 Å². The molecule has 1 aliphatic rings. The van der Waals surface area contributed by atoms with Gasteiger partial charge < -0.3 is 9.64 Å². The molecule has 21 heavy (non-hydrogen) atoms. The van der Waals surface area contributed by atoms with E-state index in [1.807, 2.05) is 25.2 Å². The van der Waals surface area contributed by atoms with Gasteiger partial charge in [0.15, 0.2) is 0 Å². The number of hydrogen-bond acceptors (Lipinski definition) is 3. The molecule has 0 spiro atoms. The van der Waals surface area contributed by atoms with Crippen molar-refractivity contribution in [3.8, 4) is 6.07 Å². The number of carbonyl (C=O) groups is 1. The number of nitriles is 1. The molecule has 112 valence electrons. The Kier molecular flexibility index (Phi) is 5.77. The maximum Gasteiger partial charge on any atom is 0.222 e. The van der Waals surface area contributed by atoms with Crippen molar-refractivity contribution in [2.75, 3.05) is 13.7 Å². The summed E-state index contributed by atoms with van der Waals surface area (Å²) in [5.41, 5.74) is 1.61. The normalized spacial score (nSPS) is 18.0. The fraction of sp³-hybridized carbons (Fsp3) is 0.529. The van der Waals surface area contributed by atoms with Crippen LogP contribution in [-0.2, 0) is 16.1 Å². The van der Waals surface area contributed by atoms with E-state index in [-0.39, 0.29) is 12.0 Å². The second kappa shape index (κ2) is 7.80. The third kappa shape index (κ3) is 4.87. The maximum atomic E-state index is 12.1. The summed E-state index contributed by atoms with van der Waals surface area (Å²) in [5, 5.41) is 8.89. The highest BCUT2D eigenvalue weighted by molar-refractivity contribution is 5.75. The summed E-state index contributed by atoms with van der Waals surface area (Å²) in [5.74, 6) is 0.131. The zero-order valence-corrected chi connectivity index (χ0v) is 12.5. The predicted octanol–water partition coefficient (Wildman–Crippen LogP) is 2.87. The van der Waals surface area contributed by atoms with Crippen LogP contribution in [0.25, 0.3) is 0 Å². The van der Waals surface area contributed by atoms with Crippen LogP contribution in [0, 0.1) is 11.3 Å². The summed E-state index contributed by atoms with van der Waals surface area (Å²) >= 11 is 0. The van der Waals surface area contributed by atoms with Crippen molar-refractivity contribution < 1.29 is 9.53 Å². The fourth-order valence-electron chi connectivity index (χ4n) is 2.61. The van der Waals surface area contributed by atoms with Gasteiger partial charge in [-0.3, -0.25) is 4.79 Å². The van der Waals surface area contributed by atoms with E-state index in [9.17, 15) is 4.79 Å². The van der Waals surface area contributed by atoms with Crippen LogP contribution in [0.15, 0.2) is 24.3 Å². The fourth-order valence-corrected chi connectivity index (χ4v) is 2.61. The number of hydrogen-bond donors (Lipinski definition) is 0. The summed E-state index contributed by atoms with van der Waals surface area (Å²) in [6.07, 6.45) is 5.00. The summed E-state index contributed by atoms with van der Waals surface area (Å²) in [6, 6.07) is 9.50. The largest absolute Gasteiger partial charge is 0.378 e. The number of amides is 1. The van der Waals surface area contributed by atoms with E-state index >= 15 is 0 Å². The van der Waals surface area contributed by atoms with Crippen molar-refractivity contribution in [1.82, 2.24) is 4.90 Å². The molecule has 1 saturated heterocycles. The van der Waals surface area contributed by atoms with Crippen molar-refractivity contribution in [2.45, 2.75) is 44.8 Å². The Balaban J connectivity index is 1.80. The van der Waals surface area contributed by atoms with Crippen LogP contribution in [0.4, 0.5) is 0 Å². The Morgan fingerprint density at radius 3 is 3.05 bits per heavy atom. The first-order valence-corrected chi connectivity index (χ1v) is 7.53. The molecule has 1 aromatic rings. The Morgan fingerprint density at radius 1 is 1.48 bits per heavy atom. The van der Waals surface area contributed by atoms with Crippen molar-refractivity contribution in [1.29, 1.82) is 5.26 Å². The van der Waals surface area contributed by atoms with Crippen LogP contribution in [0.2, 0.25) is 0 Å². The maximum absolute atomic E-state index is 12.1. The lowest BCUT2D eigenvalue weighted by Crippen LogP contribution is -2.28. The minimum atomic E-state index is 0.131. The number of benzene rings is 1. The van der Waals surface area contributed by atoms with Crippen LogP contribution in [0.3, 0.4) is 0 Å². The van der Waals surface area contributed by atoms with Crippen molar-refractivity contribution in [2.24, 2.45) is 0 Å². The number of carbonyl (C=O) groups excluding carboxylic acids is 1. The molecule has 0 aliphatic carbocycles. The Hall–Kier alpha value is -1.86. The van der Waals surface area contributed by atoms with E-state index in [0.717, 1.165) is 31.4 Å². The molecule has 4 nitrogen and oxygen atoms in total. The Morgan fingerprint density at radius 2 is 2.33 bits per heavy atom. The van der Waals surface area contributed by atoms with Gasteiger partial charge in [-0.05, 0) is 43.4 Å². The molecule has 0 saturated carbocycles. The molecule has 1 heterocycles. The molecule has 0 N–H and O–H groups in total. The average molecular weight is 286 g/mol. The second-order valence-corrected chi connectivity index (χ2v) is 5.59. The molecule has 1 amide bonds.